The highest BCUT2D eigenvalue weighted by Gasteiger charge is 2.34. The molecule has 1 aliphatic carbocycles. The van der Waals surface area contributed by atoms with Crippen molar-refractivity contribution in [3.8, 4) is 17.2 Å². The van der Waals surface area contributed by atoms with Crippen molar-refractivity contribution in [3.05, 3.63) is 65.5 Å². The first-order valence-electron chi connectivity index (χ1n) is 9.86. The fourth-order valence-corrected chi connectivity index (χ4v) is 5.15. The zero-order chi connectivity index (χ0) is 22.6. The molecule has 3 N–H and O–H groups in total. The SMILES string of the molecule is Cc1cc2c(n1-c1ccc(NS(=O)(=O)c3ccc(O)c(O)c3)cc1)CC(C)(C)CC2=O. The first kappa shape index (κ1) is 21.0. The van der Waals surface area contributed by atoms with E-state index in [1.807, 2.05) is 17.6 Å². The monoisotopic (exact) mass is 440 g/mol. The Morgan fingerprint density at radius 2 is 1.65 bits per heavy atom. The molecule has 0 radical (unpaired) electrons. The molecule has 1 heterocycles. The number of fused-ring (bicyclic) bond motifs is 1. The number of carbonyl (C=O) groups is 1. The highest BCUT2D eigenvalue weighted by molar-refractivity contribution is 7.92. The molecule has 0 saturated heterocycles. The van der Waals surface area contributed by atoms with Crippen molar-refractivity contribution in [2.24, 2.45) is 5.41 Å². The van der Waals surface area contributed by atoms with E-state index < -0.39 is 21.5 Å². The normalized spacial score (nSPS) is 15.5. The van der Waals surface area contributed by atoms with Gasteiger partial charge in [0.1, 0.15) is 0 Å². The predicted octanol–water partition coefficient (Wildman–Crippen LogP) is 4.15. The van der Waals surface area contributed by atoms with Crippen LogP contribution in [0.4, 0.5) is 5.69 Å². The molecular weight excluding hydrogens is 416 g/mol. The summed E-state index contributed by atoms with van der Waals surface area (Å²) in [7, 11) is -3.94. The molecule has 0 amide bonds. The van der Waals surface area contributed by atoms with E-state index in [1.165, 1.54) is 6.07 Å². The van der Waals surface area contributed by atoms with Crippen molar-refractivity contribution in [1.29, 1.82) is 0 Å². The minimum atomic E-state index is -3.94. The minimum absolute atomic E-state index is 0.113. The number of hydrogen-bond donors (Lipinski definition) is 3. The molecule has 4 rings (SSSR count). The van der Waals surface area contributed by atoms with Gasteiger partial charge < -0.3 is 14.8 Å². The molecule has 0 spiro atoms. The number of anilines is 1. The number of aromatic hydroxyl groups is 2. The third-order valence-corrected chi connectivity index (χ3v) is 6.89. The summed E-state index contributed by atoms with van der Waals surface area (Å²) in [4.78, 5) is 12.4. The zero-order valence-electron chi connectivity index (χ0n) is 17.5. The van der Waals surface area contributed by atoms with E-state index in [2.05, 4.69) is 18.6 Å². The summed E-state index contributed by atoms with van der Waals surface area (Å²) in [5.41, 5.74) is 3.77. The van der Waals surface area contributed by atoms with E-state index in [4.69, 9.17) is 0 Å². The summed E-state index contributed by atoms with van der Waals surface area (Å²) in [6.07, 6.45) is 1.30. The van der Waals surface area contributed by atoms with Gasteiger partial charge in [-0.1, -0.05) is 13.8 Å². The van der Waals surface area contributed by atoms with E-state index in [-0.39, 0.29) is 16.1 Å². The van der Waals surface area contributed by atoms with Crippen LogP contribution in [-0.2, 0) is 16.4 Å². The molecule has 0 aliphatic heterocycles. The number of nitrogens with zero attached hydrogens (tertiary/aromatic N) is 1. The second kappa shape index (κ2) is 7.16. The van der Waals surface area contributed by atoms with E-state index in [0.29, 0.717) is 12.1 Å². The molecule has 162 valence electrons. The fourth-order valence-electron chi connectivity index (χ4n) is 4.07. The summed E-state index contributed by atoms with van der Waals surface area (Å²) >= 11 is 0. The Balaban J connectivity index is 1.64. The Morgan fingerprint density at radius 3 is 2.29 bits per heavy atom. The number of aryl methyl sites for hydroxylation is 1. The first-order valence-corrected chi connectivity index (χ1v) is 11.3. The molecule has 7 nitrogen and oxygen atoms in total. The van der Waals surface area contributed by atoms with Gasteiger partial charge in [-0.25, -0.2) is 8.42 Å². The summed E-state index contributed by atoms with van der Waals surface area (Å²) in [5.74, 6) is -0.756. The number of aromatic nitrogens is 1. The molecule has 0 bridgehead atoms. The van der Waals surface area contributed by atoms with Gasteiger partial charge in [-0.05, 0) is 61.2 Å². The number of phenols is 2. The Bertz CT molecular complexity index is 1290. The van der Waals surface area contributed by atoms with Crippen LogP contribution in [0.15, 0.2) is 53.4 Å². The molecular formula is C23H24N2O5S. The molecule has 0 fully saturated rings. The highest BCUT2D eigenvalue weighted by Crippen LogP contribution is 2.37. The lowest BCUT2D eigenvalue weighted by atomic mass is 9.76. The Hall–Kier alpha value is -3.26. The Labute approximate surface area is 181 Å². The maximum absolute atomic E-state index is 12.6. The van der Waals surface area contributed by atoms with Crippen LogP contribution in [0.2, 0.25) is 0 Å². The van der Waals surface area contributed by atoms with Crippen LogP contribution in [-0.4, -0.2) is 29.0 Å². The van der Waals surface area contributed by atoms with Gasteiger partial charge in [-0.15, -0.1) is 0 Å². The van der Waals surface area contributed by atoms with Gasteiger partial charge in [0, 0.05) is 40.8 Å². The molecule has 3 aromatic rings. The van der Waals surface area contributed by atoms with Crippen LogP contribution in [0, 0.1) is 12.3 Å². The third kappa shape index (κ3) is 3.90. The van der Waals surface area contributed by atoms with Crippen LogP contribution in [0.25, 0.3) is 5.69 Å². The van der Waals surface area contributed by atoms with Gasteiger partial charge in [0.05, 0.1) is 4.90 Å². The summed E-state index contributed by atoms with van der Waals surface area (Å²) in [6.45, 7) is 6.12. The quantitative estimate of drug-likeness (QED) is 0.528. The molecule has 0 atom stereocenters. The van der Waals surface area contributed by atoms with Gasteiger partial charge >= 0.3 is 0 Å². The van der Waals surface area contributed by atoms with Crippen LogP contribution in [0.3, 0.4) is 0 Å². The third-order valence-electron chi connectivity index (χ3n) is 5.51. The lowest BCUT2D eigenvalue weighted by molar-refractivity contribution is 0.0911. The topological polar surface area (TPSA) is 109 Å². The minimum Gasteiger partial charge on any atom is -0.504 e. The van der Waals surface area contributed by atoms with Crippen LogP contribution in [0.5, 0.6) is 11.5 Å². The number of ketones is 1. The second-order valence-corrected chi connectivity index (χ2v) is 10.4. The zero-order valence-corrected chi connectivity index (χ0v) is 18.3. The molecule has 0 unspecified atom stereocenters. The Kier molecular flexibility index (Phi) is 4.85. The summed E-state index contributed by atoms with van der Waals surface area (Å²) < 4.78 is 29.7. The maximum Gasteiger partial charge on any atom is 0.262 e. The number of benzene rings is 2. The molecule has 0 saturated carbocycles. The number of sulfonamides is 1. The molecule has 1 aliphatic rings. The standard InChI is InChI=1S/C23H24N2O5S/c1-14-10-18-19(12-23(2,3)13-22(18)28)25(14)16-6-4-15(5-7-16)24-31(29,30)17-8-9-20(26)21(27)11-17/h4-11,24,26-27H,12-13H2,1-3H3. The van der Waals surface area contributed by atoms with Crippen LogP contribution >= 0.6 is 0 Å². The Morgan fingerprint density at radius 1 is 0.968 bits per heavy atom. The maximum atomic E-state index is 12.6. The van der Waals surface area contributed by atoms with Crippen molar-refractivity contribution in [2.45, 2.75) is 38.5 Å². The fraction of sp³-hybridized carbons (Fsp3) is 0.261. The van der Waals surface area contributed by atoms with Crippen molar-refractivity contribution < 1.29 is 23.4 Å². The number of Topliss-reactive ketones (excluding diaryl/α,β-unsaturated/α-hetero) is 1. The number of phenolic OH excluding ortho intramolecular Hbond substituents is 2. The van der Waals surface area contributed by atoms with Crippen molar-refractivity contribution in [1.82, 2.24) is 4.57 Å². The van der Waals surface area contributed by atoms with Crippen molar-refractivity contribution >= 4 is 21.5 Å². The smallest absolute Gasteiger partial charge is 0.262 e. The highest BCUT2D eigenvalue weighted by atomic mass is 32.2. The lowest BCUT2D eigenvalue weighted by Crippen LogP contribution is -2.27. The number of carbonyl (C=O) groups excluding carboxylic acids is 1. The van der Waals surface area contributed by atoms with Crippen LogP contribution < -0.4 is 4.72 Å². The van der Waals surface area contributed by atoms with Crippen molar-refractivity contribution in [2.75, 3.05) is 4.72 Å². The van der Waals surface area contributed by atoms with Gasteiger partial charge in [0.2, 0.25) is 0 Å². The average Bonchev–Trinajstić information content (AvgIpc) is 2.99. The summed E-state index contributed by atoms with van der Waals surface area (Å²) in [5, 5.41) is 19.0. The number of nitrogens with one attached hydrogen (secondary N) is 1. The van der Waals surface area contributed by atoms with E-state index >= 15 is 0 Å². The van der Waals surface area contributed by atoms with Gasteiger partial charge in [-0.3, -0.25) is 9.52 Å². The molecule has 31 heavy (non-hydrogen) atoms. The van der Waals surface area contributed by atoms with Gasteiger partial charge in [0.25, 0.3) is 10.0 Å². The number of rotatable bonds is 4. The first-order chi connectivity index (χ1) is 14.5. The van der Waals surface area contributed by atoms with E-state index in [1.54, 1.807) is 24.3 Å². The van der Waals surface area contributed by atoms with Gasteiger partial charge in [0.15, 0.2) is 17.3 Å². The molecule has 2 aromatic carbocycles. The average molecular weight is 441 g/mol. The number of hydrogen-bond acceptors (Lipinski definition) is 5. The molecule has 1 aromatic heterocycles. The summed E-state index contributed by atoms with van der Waals surface area (Å²) in [6, 6.07) is 12.1. The van der Waals surface area contributed by atoms with Gasteiger partial charge in [-0.2, -0.15) is 0 Å². The molecule has 8 heteroatoms. The lowest BCUT2D eigenvalue weighted by Gasteiger charge is -2.30. The van der Waals surface area contributed by atoms with E-state index in [0.717, 1.165) is 41.2 Å². The largest absolute Gasteiger partial charge is 0.504 e. The van der Waals surface area contributed by atoms with E-state index in [9.17, 15) is 23.4 Å². The van der Waals surface area contributed by atoms with Crippen molar-refractivity contribution in [3.63, 3.8) is 0 Å². The van der Waals surface area contributed by atoms with Crippen LogP contribution in [0.1, 0.15) is 42.0 Å². The predicted molar refractivity (Wildman–Crippen MR) is 118 cm³/mol. The second-order valence-electron chi connectivity index (χ2n) is 8.73.